The van der Waals surface area contributed by atoms with Crippen molar-refractivity contribution in [1.82, 2.24) is 9.62 Å². The molecular weight excluding hydrogens is 294 g/mol. The summed E-state index contributed by atoms with van der Waals surface area (Å²) in [5.74, 6) is 0. The van der Waals surface area contributed by atoms with E-state index in [0.29, 0.717) is 15.0 Å². The van der Waals surface area contributed by atoms with Crippen molar-refractivity contribution >= 4 is 39.4 Å². The van der Waals surface area contributed by atoms with Crippen LogP contribution in [0.2, 0.25) is 5.02 Å². The van der Waals surface area contributed by atoms with Gasteiger partial charge >= 0.3 is 12.1 Å². The van der Waals surface area contributed by atoms with Gasteiger partial charge in [-0.25, -0.2) is 22.3 Å². The number of imide groups is 1. The van der Waals surface area contributed by atoms with E-state index in [9.17, 15) is 18.0 Å². The third-order valence-corrected chi connectivity index (χ3v) is 3.62. The van der Waals surface area contributed by atoms with Gasteiger partial charge in [-0.3, -0.25) is 5.32 Å². The molecular formula is C10H12ClN3O4S. The maximum atomic E-state index is 11.5. The Kier molecular flexibility index (Phi) is 4.73. The number of hydrogen-bond acceptors (Lipinski definition) is 4. The summed E-state index contributed by atoms with van der Waals surface area (Å²) in [4.78, 5) is 22.9. The number of benzene rings is 1. The van der Waals surface area contributed by atoms with Crippen LogP contribution in [0.5, 0.6) is 0 Å². The molecule has 4 amide bonds. The Bertz CT molecular complexity index is 603. The molecule has 104 valence electrons. The van der Waals surface area contributed by atoms with E-state index in [1.165, 1.54) is 6.07 Å². The van der Waals surface area contributed by atoms with Crippen LogP contribution in [0.4, 0.5) is 15.3 Å². The van der Waals surface area contributed by atoms with Gasteiger partial charge in [0.1, 0.15) is 0 Å². The van der Waals surface area contributed by atoms with Crippen molar-refractivity contribution in [2.45, 2.75) is 0 Å². The molecule has 9 heteroatoms. The summed E-state index contributed by atoms with van der Waals surface area (Å²) in [6.45, 7) is 0. The third kappa shape index (κ3) is 4.42. The van der Waals surface area contributed by atoms with Crippen molar-refractivity contribution in [1.29, 1.82) is 0 Å². The lowest BCUT2D eigenvalue weighted by Gasteiger charge is -2.15. The SMILES string of the molecule is CN(C(=O)NC(=O)Nc1ccccc1Cl)S(C)(=O)=O. The van der Waals surface area contributed by atoms with Gasteiger partial charge in [0.25, 0.3) is 0 Å². The van der Waals surface area contributed by atoms with Crippen molar-refractivity contribution < 1.29 is 18.0 Å². The van der Waals surface area contributed by atoms with Crippen molar-refractivity contribution in [3.05, 3.63) is 29.3 Å². The predicted molar refractivity (Wildman–Crippen MR) is 71.6 cm³/mol. The van der Waals surface area contributed by atoms with Gasteiger partial charge in [-0.05, 0) is 12.1 Å². The molecule has 0 heterocycles. The van der Waals surface area contributed by atoms with E-state index in [0.717, 1.165) is 13.3 Å². The van der Waals surface area contributed by atoms with Crippen LogP contribution in [0.1, 0.15) is 0 Å². The molecule has 0 saturated carbocycles. The third-order valence-electron chi connectivity index (χ3n) is 2.13. The maximum absolute atomic E-state index is 11.5. The number of anilines is 1. The molecule has 0 aromatic heterocycles. The molecule has 0 bridgehead atoms. The molecule has 0 unspecified atom stereocenters. The highest BCUT2D eigenvalue weighted by Crippen LogP contribution is 2.19. The van der Waals surface area contributed by atoms with Crippen molar-refractivity contribution in [3.8, 4) is 0 Å². The fourth-order valence-electron chi connectivity index (χ4n) is 1.04. The molecule has 19 heavy (non-hydrogen) atoms. The van der Waals surface area contributed by atoms with Gasteiger partial charge < -0.3 is 5.32 Å². The molecule has 0 aliphatic heterocycles. The average Bonchev–Trinajstić information content (AvgIpc) is 2.29. The molecule has 1 rings (SSSR count). The Morgan fingerprint density at radius 1 is 1.26 bits per heavy atom. The second kappa shape index (κ2) is 5.89. The number of nitrogens with one attached hydrogen (secondary N) is 2. The lowest BCUT2D eigenvalue weighted by molar-refractivity contribution is 0.223. The topological polar surface area (TPSA) is 95.6 Å². The minimum Gasteiger partial charge on any atom is -0.306 e. The quantitative estimate of drug-likeness (QED) is 0.865. The van der Waals surface area contributed by atoms with E-state index < -0.39 is 22.1 Å². The van der Waals surface area contributed by atoms with Gasteiger partial charge in [-0.2, -0.15) is 0 Å². The molecule has 1 aromatic carbocycles. The molecule has 2 N–H and O–H groups in total. The summed E-state index contributed by atoms with van der Waals surface area (Å²) in [5.41, 5.74) is 0.302. The van der Waals surface area contributed by atoms with E-state index in [1.54, 1.807) is 18.2 Å². The summed E-state index contributed by atoms with van der Waals surface area (Å²) < 4.78 is 22.6. The number of sulfonamides is 1. The number of nitrogens with zero attached hydrogens (tertiary/aromatic N) is 1. The first-order valence-electron chi connectivity index (χ1n) is 5.02. The minimum atomic E-state index is -3.71. The van der Waals surface area contributed by atoms with E-state index >= 15 is 0 Å². The number of amides is 4. The van der Waals surface area contributed by atoms with Crippen LogP contribution in [-0.4, -0.2) is 38.1 Å². The highest BCUT2D eigenvalue weighted by molar-refractivity contribution is 7.88. The number of carbonyl (C=O) groups excluding carboxylic acids is 2. The number of hydrogen-bond donors (Lipinski definition) is 2. The summed E-state index contributed by atoms with van der Waals surface area (Å²) in [5, 5.41) is 4.48. The van der Waals surface area contributed by atoms with Gasteiger partial charge in [0, 0.05) is 7.05 Å². The maximum Gasteiger partial charge on any atom is 0.338 e. The molecule has 0 radical (unpaired) electrons. The molecule has 0 fully saturated rings. The number of rotatable bonds is 2. The lowest BCUT2D eigenvalue weighted by atomic mass is 10.3. The predicted octanol–water partition coefficient (Wildman–Crippen LogP) is 1.47. The molecule has 7 nitrogen and oxygen atoms in total. The van der Waals surface area contributed by atoms with Crippen LogP contribution in [-0.2, 0) is 10.0 Å². The Labute approximate surface area is 115 Å². The number of halogens is 1. The van der Waals surface area contributed by atoms with Gasteiger partial charge in [0.15, 0.2) is 0 Å². The lowest BCUT2D eigenvalue weighted by Crippen LogP contribution is -2.44. The van der Waals surface area contributed by atoms with E-state index in [4.69, 9.17) is 11.6 Å². The van der Waals surface area contributed by atoms with Gasteiger partial charge in [-0.1, -0.05) is 23.7 Å². The number of urea groups is 2. The van der Waals surface area contributed by atoms with E-state index in [-0.39, 0.29) is 0 Å². The van der Waals surface area contributed by atoms with Crippen LogP contribution in [0.3, 0.4) is 0 Å². The van der Waals surface area contributed by atoms with Crippen molar-refractivity contribution in [3.63, 3.8) is 0 Å². The van der Waals surface area contributed by atoms with Crippen LogP contribution in [0.25, 0.3) is 0 Å². The first-order valence-corrected chi connectivity index (χ1v) is 7.25. The van der Waals surface area contributed by atoms with E-state index in [2.05, 4.69) is 5.32 Å². The monoisotopic (exact) mass is 305 g/mol. The van der Waals surface area contributed by atoms with Gasteiger partial charge in [0.2, 0.25) is 10.0 Å². The number of carbonyl (C=O) groups is 2. The number of para-hydroxylation sites is 1. The summed E-state index contributed by atoms with van der Waals surface area (Å²) in [7, 11) is -2.68. The summed E-state index contributed by atoms with van der Waals surface area (Å²) >= 11 is 5.81. The van der Waals surface area contributed by atoms with E-state index in [1.807, 2.05) is 5.32 Å². The molecule has 0 saturated heterocycles. The minimum absolute atomic E-state index is 0.293. The van der Waals surface area contributed by atoms with Crippen molar-refractivity contribution in [2.24, 2.45) is 0 Å². The Morgan fingerprint density at radius 2 is 1.84 bits per heavy atom. The van der Waals surface area contributed by atoms with Crippen LogP contribution in [0.15, 0.2) is 24.3 Å². The fraction of sp³-hybridized carbons (Fsp3) is 0.200. The first-order chi connectivity index (χ1) is 8.71. The first kappa shape index (κ1) is 15.3. The largest absolute Gasteiger partial charge is 0.338 e. The molecule has 0 spiro atoms. The molecule has 0 atom stereocenters. The molecule has 0 aliphatic carbocycles. The average molecular weight is 306 g/mol. The molecule has 0 aliphatic rings. The van der Waals surface area contributed by atoms with Gasteiger partial charge in [-0.15, -0.1) is 0 Å². The second-order valence-electron chi connectivity index (χ2n) is 3.59. The highest BCUT2D eigenvalue weighted by atomic mass is 35.5. The van der Waals surface area contributed by atoms with Crippen molar-refractivity contribution in [2.75, 3.05) is 18.6 Å². The smallest absolute Gasteiger partial charge is 0.306 e. The van der Waals surface area contributed by atoms with Crippen LogP contribution in [0, 0.1) is 0 Å². The Morgan fingerprint density at radius 3 is 2.37 bits per heavy atom. The standard InChI is InChI=1S/C10H12ClN3O4S/c1-14(19(2,17)18)10(16)13-9(15)12-8-6-4-3-5-7(8)11/h3-6H,1-2H3,(H2,12,13,15,16). The van der Waals surface area contributed by atoms with Crippen LogP contribution >= 0.6 is 11.6 Å². The normalized spacial score (nSPS) is 10.7. The fourth-order valence-corrected chi connectivity index (χ4v) is 1.57. The zero-order valence-corrected chi connectivity index (χ0v) is 11.7. The zero-order valence-electron chi connectivity index (χ0n) is 10.2. The summed E-state index contributed by atoms with van der Waals surface area (Å²) in [6, 6.07) is 4.47. The Hall–Kier alpha value is -1.80. The Balaban J connectivity index is 2.67. The summed E-state index contributed by atoms with van der Waals surface area (Å²) in [6.07, 6.45) is 0.846. The van der Waals surface area contributed by atoms with Gasteiger partial charge in [0.05, 0.1) is 17.0 Å². The zero-order chi connectivity index (χ0) is 14.6. The second-order valence-corrected chi connectivity index (χ2v) is 6.02. The highest BCUT2D eigenvalue weighted by Gasteiger charge is 2.20. The van der Waals surface area contributed by atoms with Crippen LogP contribution < -0.4 is 10.6 Å². The molecule has 1 aromatic rings.